The Morgan fingerprint density at radius 1 is 1.04 bits per heavy atom. The van der Waals surface area contributed by atoms with Crippen LogP contribution in [0.15, 0.2) is 48.5 Å². The lowest BCUT2D eigenvalue weighted by molar-refractivity contribution is -0.137. The minimum absolute atomic E-state index is 0.313. The molecule has 1 aliphatic rings. The molecule has 3 rings (SSSR count). The van der Waals surface area contributed by atoms with Crippen molar-refractivity contribution in [2.45, 2.75) is 25.1 Å². The minimum atomic E-state index is -4.44. The van der Waals surface area contributed by atoms with Gasteiger partial charge in [-0.15, -0.1) is 0 Å². The van der Waals surface area contributed by atoms with Gasteiger partial charge in [0.15, 0.2) is 0 Å². The summed E-state index contributed by atoms with van der Waals surface area (Å²) in [6.45, 7) is 0.431. The van der Waals surface area contributed by atoms with E-state index in [1.807, 2.05) is 0 Å². The van der Waals surface area contributed by atoms with Crippen molar-refractivity contribution in [1.29, 1.82) is 0 Å². The molecule has 2 aromatic carbocycles. The van der Waals surface area contributed by atoms with Crippen LogP contribution in [0.1, 0.15) is 28.8 Å². The molecule has 1 atom stereocenters. The van der Waals surface area contributed by atoms with Crippen molar-refractivity contribution in [3.8, 4) is 11.1 Å². The summed E-state index contributed by atoms with van der Waals surface area (Å²) in [4.78, 5) is 25.6. The van der Waals surface area contributed by atoms with Crippen LogP contribution >= 0.6 is 0 Å². The molecule has 0 saturated carbocycles. The molecular formula is C19H17F3N2O2. The third kappa shape index (κ3) is 3.56. The molecule has 26 heavy (non-hydrogen) atoms. The van der Waals surface area contributed by atoms with Crippen molar-refractivity contribution in [2.75, 3.05) is 6.54 Å². The fourth-order valence-electron chi connectivity index (χ4n) is 3.18. The summed E-state index contributed by atoms with van der Waals surface area (Å²) in [5.74, 6) is -0.898. The van der Waals surface area contributed by atoms with Crippen LogP contribution in [-0.2, 0) is 11.0 Å². The number of nitrogens with two attached hydrogens (primary N) is 1. The Kier molecular flexibility index (Phi) is 4.71. The standard InChI is InChI=1S/C19H17F3N2O2/c20-19(21,22)15-7-2-5-13(11-15)12-4-1-6-14(10-12)18(26)24-9-3-8-16(24)17(23)25/h1-2,4-7,10-11,16H,3,8-9H2,(H2,23,25)/t16-/m0/s1. The first-order chi connectivity index (χ1) is 12.3. The number of hydrogen-bond donors (Lipinski definition) is 1. The first kappa shape index (κ1) is 18.0. The van der Waals surface area contributed by atoms with E-state index in [0.717, 1.165) is 12.1 Å². The summed E-state index contributed by atoms with van der Waals surface area (Å²) >= 11 is 0. The smallest absolute Gasteiger partial charge is 0.368 e. The molecule has 0 aliphatic carbocycles. The van der Waals surface area contributed by atoms with Gasteiger partial charge in [0.1, 0.15) is 6.04 Å². The second kappa shape index (κ2) is 6.82. The van der Waals surface area contributed by atoms with E-state index in [1.165, 1.54) is 17.0 Å². The van der Waals surface area contributed by atoms with Crippen LogP contribution in [0.4, 0.5) is 13.2 Å². The van der Waals surface area contributed by atoms with Crippen LogP contribution in [-0.4, -0.2) is 29.3 Å². The molecule has 0 unspecified atom stereocenters. The molecule has 1 heterocycles. The molecule has 0 spiro atoms. The third-order valence-corrected chi connectivity index (χ3v) is 4.47. The molecule has 1 saturated heterocycles. The average Bonchev–Trinajstić information content (AvgIpc) is 3.10. The van der Waals surface area contributed by atoms with Gasteiger partial charge in [-0.3, -0.25) is 9.59 Å². The molecule has 2 N–H and O–H groups in total. The quantitative estimate of drug-likeness (QED) is 0.909. The molecule has 136 valence electrons. The molecular weight excluding hydrogens is 345 g/mol. The van der Waals surface area contributed by atoms with Crippen LogP contribution in [0, 0.1) is 0 Å². The predicted octanol–water partition coefficient (Wildman–Crippen LogP) is 3.46. The van der Waals surface area contributed by atoms with Crippen molar-refractivity contribution in [3.05, 3.63) is 59.7 Å². The fourth-order valence-corrected chi connectivity index (χ4v) is 3.18. The zero-order valence-corrected chi connectivity index (χ0v) is 13.8. The van der Waals surface area contributed by atoms with E-state index in [1.54, 1.807) is 24.3 Å². The molecule has 0 radical (unpaired) electrons. The second-order valence-corrected chi connectivity index (χ2v) is 6.22. The zero-order chi connectivity index (χ0) is 18.9. The van der Waals surface area contributed by atoms with Gasteiger partial charge in [0.25, 0.3) is 5.91 Å². The van der Waals surface area contributed by atoms with Crippen molar-refractivity contribution in [3.63, 3.8) is 0 Å². The van der Waals surface area contributed by atoms with E-state index in [4.69, 9.17) is 5.73 Å². The number of benzene rings is 2. The van der Waals surface area contributed by atoms with Crippen molar-refractivity contribution in [1.82, 2.24) is 4.90 Å². The van der Waals surface area contributed by atoms with E-state index in [-0.39, 0.29) is 5.91 Å². The normalized spacial score (nSPS) is 17.3. The summed E-state index contributed by atoms with van der Waals surface area (Å²) in [6, 6.07) is 10.7. The Balaban J connectivity index is 1.92. The van der Waals surface area contributed by atoms with Crippen molar-refractivity contribution >= 4 is 11.8 Å². The van der Waals surface area contributed by atoms with Gasteiger partial charge >= 0.3 is 6.18 Å². The summed E-state index contributed by atoms with van der Waals surface area (Å²) in [5, 5.41) is 0. The Morgan fingerprint density at radius 3 is 2.35 bits per heavy atom. The van der Waals surface area contributed by atoms with Crippen LogP contribution in [0.5, 0.6) is 0 Å². The Bertz CT molecular complexity index is 849. The van der Waals surface area contributed by atoms with Gasteiger partial charge in [-0.2, -0.15) is 13.2 Å². The molecule has 0 bridgehead atoms. The number of nitrogens with zero attached hydrogens (tertiary/aromatic N) is 1. The molecule has 1 fully saturated rings. The highest BCUT2D eigenvalue weighted by Gasteiger charge is 2.33. The largest absolute Gasteiger partial charge is 0.416 e. The van der Waals surface area contributed by atoms with E-state index < -0.39 is 23.7 Å². The first-order valence-corrected chi connectivity index (χ1v) is 8.15. The van der Waals surface area contributed by atoms with Crippen LogP contribution in [0.3, 0.4) is 0 Å². The molecule has 0 aromatic heterocycles. The molecule has 7 heteroatoms. The van der Waals surface area contributed by atoms with Crippen LogP contribution < -0.4 is 5.73 Å². The van der Waals surface area contributed by atoms with Crippen molar-refractivity contribution < 1.29 is 22.8 Å². The number of carbonyl (C=O) groups is 2. The van der Waals surface area contributed by atoms with Gasteiger partial charge in [-0.05, 0) is 48.2 Å². The number of amides is 2. The molecule has 2 amide bonds. The van der Waals surface area contributed by atoms with E-state index in [9.17, 15) is 22.8 Å². The highest BCUT2D eigenvalue weighted by molar-refractivity contribution is 5.98. The number of rotatable bonds is 3. The molecule has 4 nitrogen and oxygen atoms in total. The lowest BCUT2D eigenvalue weighted by Gasteiger charge is -2.22. The van der Waals surface area contributed by atoms with Gasteiger partial charge in [0.05, 0.1) is 5.56 Å². The summed E-state index contributed by atoms with van der Waals surface area (Å²) in [7, 11) is 0. The van der Waals surface area contributed by atoms with E-state index in [2.05, 4.69) is 0 Å². The van der Waals surface area contributed by atoms with Crippen LogP contribution in [0.25, 0.3) is 11.1 Å². The van der Waals surface area contributed by atoms with E-state index >= 15 is 0 Å². The summed E-state index contributed by atoms with van der Waals surface area (Å²) < 4.78 is 38.7. The number of halogens is 3. The van der Waals surface area contributed by atoms with Gasteiger partial charge < -0.3 is 10.6 Å². The second-order valence-electron chi connectivity index (χ2n) is 6.22. The van der Waals surface area contributed by atoms with Gasteiger partial charge in [-0.1, -0.05) is 24.3 Å². The van der Waals surface area contributed by atoms with Gasteiger partial charge in [0, 0.05) is 12.1 Å². The first-order valence-electron chi connectivity index (χ1n) is 8.15. The van der Waals surface area contributed by atoms with Gasteiger partial charge in [0.2, 0.25) is 5.91 Å². The monoisotopic (exact) mass is 362 g/mol. The van der Waals surface area contributed by atoms with Gasteiger partial charge in [-0.25, -0.2) is 0 Å². The highest BCUT2D eigenvalue weighted by atomic mass is 19.4. The zero-order valence-electron chi connectivity index (χ0n) is 13.8. The number of hydrogen-bond acceptors (Lipinski definition) is 2. The SMILES string of the molecule is NC(=O)[C@@H]1CCCN1C(=O)c1cccc(-c2cccc(C(F)(F)F)c2)c1. The van der Waals surface area contributed by atoms with Crippen molar-refractivity contribution in [2.24, 2.45) is 5.73 Å². The third-order valence-electron chi connectivity index (χ3n) is 4.47. The topological polar surface area (TPSA) is 63.4 Å². The lowest BCUT2D eigenvalue weighted by Crippen LogP contribution is -2.43. The maximum Gasteiger partial charge on any atom is 0.416 e. The maximum atomic E-state index is 12.9. The minimum Gasteiger partial charge on any atom is -0.368 e. The number of likely N-dealkylation sites (tertiary alicyclic amines) is 1. The number of carbonyl (C=O) groups excluding carboxylic acids is 2. The molecule has 1 aliphatic heterocycles. The van der Waals surface area contributed by atoms with Crippen LogP contribution in [0.2, 0.25) is 0 Å². The maximum absolute atomic E-state index is 12.9. The number of alkyl halides is 3. The molecule has 2 aromatic rings. The predicted molar refractivity (Wildman–Crippen MR) is 90.1 cm³/mol. The Morgan fingerprint density at radius 2 is 1.69 bits per heavy atom. The summed E-state index contributed by atoms with van der Waals surface area (Å²) in [6.07, 6.45) is -3.23. The highest BCUT2D eigenvalue weighted by Crippen LogP contribution is 2.32. The van der Waals surface area contributed by atoms with E-state index in [0.29, 0.717) is 36.1 Å². The summed E-state index contributed by atoms with van der Waals surface area (Å²) in [5.41, 5.74) is 5.77. The fraction of sp³-hybridized carbons (Fsp3) is 0.263. The Labute approximate surface area is 148 Å². The lowest BCUT2D eigenvalue weighted by atomic mass is 10.0. The average molecular weight is 362 g/mol. The Hall–Kier alpha value is -2.83. The number of primary amides is 1.